The molecule has 1 aliphatic rings. The van der Waals surface area contributed by atoms with Gasteiger partial charge in [0.25, 0.3) is 5.91 Å². The van der Waals surface area contributed by atoms with Gasteiger partial charge in [0.05, 0.1) is 11.4 Å². The van der Waals surface area contributed by atoms with Crippen LogP contribution in [0.15, 0.2) is 42.5 Å². The van der Waals surface area contributed by atoms with Crippen molar-refractivity contribution in [3.63, 3.8) is 0 Å². The molecule has 0 radical (unpaired) electrons. The molecule has 1 heterocycles. The van der Waals surface area contributed by atoms with Crippen LogP contribution in [0.4, 0.5) is 15.8 Å². The van der Waals surface area contributed by atoms with Crippen LogP contribution in [0.1, 0.15) is 19.3 Å². The maximum Gasteiger partial charge on any atom is 0.262 e. The van der Waals surface area contributed by atoms with Crippen LogP contribution in [-0.4, -0.2) is 25.6 Å². The van der Waals surface area contributed by atoms with Crippen molar-refractivity contribution >= 4 is 28.9 Å². The molecular weight excluding hydrogens is 343 g/mol. The molecule has 1 fully saturated rings. The molecule has 0 saturated carbocycles. The Morgan fingerprint density at radius 1 is 1.12 bits per heavy atom. The molecule has 1 saturated heterocycles. The summed E-state index contributed by atoms with van der Waals surface area (Å²) in [5.41, 5.74) is 1.33. The molecule has 132 valence electrons. The Labute approximate surface area is 151 Å². The van der Waals surface area contributed by atoms with Gasteiger partial charge in [-0.05, 0) is 61.7 Å². The van der Waals surface area contributed by atoms with Crippen LogP contribution in [0, 0.1) is 5.82 Å². The molecule has 1 N–H and O–H groups in total. The number of halogens is 2. The lowest BCUT2D eigenvalue weighted by molar-refractivity contribution is -0.118. The summed E-state index contributed by atoms with van der Waals surface area (Å²) in [4.78, 5) is 14.4. The van der Waals surface area contributed by atoms with Gasteiger partial charge in [0.1, 0.15) is 11.6 Å². The third-order valence-corrected chi connectivity index (χ3v) is 4.36. The van der Waals surface area contributed by atoms with Crippen LogP contribution in [0.25, 0.3) is 0 Å². The van der Waals surface area contributed by atoms with Gasteiger partial charge < -0.3 is 15.0 Å². The number of carbonyl (C=O) groups excluding carboxylic acids is 1. The van der Waals surface area contributed by atoms with Gasteiger partial charge in [-0.3, -0.25) is 4.79 Å². The number of amides is 1. The number of hydrogen-bond acceptors (Lipinski definition) is 3. The van der Waals surface area contributed by atoms with E-state index in [1.807, 2.05) is 0 Å². The molecule has 4 nitrogen and oxygen atoms in total. The van der Waals surface area contributed by atoms with Crippen molar-refractivity contribution < 1.29 is 13.9 Å². The highest BCUT2D eigenvalue weighted by Gasteiger charge is 2.16. The first kappa shape index (κ1) is 17.5. The molecule has 3 rings (SSSR count). The fourth-order valence-electron chi connectivity index (χ4n) is 2.88. The van der Waals surface area contributed by atoms with E-state index >= 15 is 0 Å². The number of nitrogens with one attached hydrogen (secondary N) is 1. The summed E-state index contributed by atoms with van der Waals surface area (Å²) in [6.45, 7) is 1.67. The van der Waals surface area contributed by atoms with E-state index in [4.69, 9.17) is 16.3 Å². The average Bonchev–Trinajstić information content (AvgIpc) is 2.62. The van der Waals surface area contributed by atoms with Crippen LogP contribution in [0.2, 0.25) is 5.02 Å². The van der Waals surface area contributed by atoms with Gasteiger partial charge in [0, 0.05) is 18.1 Å². The monoisotopic (exact) mass is 362 g/mol. The van der Waals surface area contributed by atoms with Gasteiger partial charge in [0.15, 0.2) is 6.61 Å². The quantitative estimate of drug-likeness (QED) is 0.852. The molecule has 1 aliphatic heterocycles. The largest absolute Gasteiger partial charge is 0.484 e. The van der Waals surface area contributed by atoms with Crippen LogP contribution in [0.5, 0.6) is 5.75 Å². The zero-order valence-corrected chi connectivity index (χ0v) is 14.6. The molecular formula is C19H20ClFN2O2. The van der Waals surface area contributed by atoms with Crippen molar-refractivity contribution in [2.75, 3.05) is 29.9 Å². The highest BCUT2D eigenvalue weighted by Crippen LogP contribution is 2.29. The SMILES string of the molecule is O=C(COc1ccc(Cl)cc1)Nc1cc(F)ccc1N1CCCCC1. The number of ether oxygens (including phenoxy) is 1. The number of anilines is 2. The van der Waals surface area contributed by atoms with Crippen LogP contribution in [-0.2, 0) is 4.79 Å². The van der Waals surface area contributed by atoms with Crippen molar-refractivity contribution in [2.45, 2.75) is 19.3 Å². The highest BCUT2D eigenvalue weighted by atomic mass is 35.5. The normalized spacial score (nSPS) is 14.2. The van der Waals surface area contributed by atoms with E-state index in [9.17, 15) is 9.18 Å². The lowest BCUT2D eigenvalue weighted by Crippen LogP contribution is -2.31. The standard InChI is InChI=1S/C19H20ClFN2O2/c20-14-4-7-16(8-5-14)25-13-19(24)22-17-12-15(21)6-9-18(17)23-10-2-1-3-11-23/h4-9,12H,1-3,10-11,13H2,(H,22,24). The van der Waals surface area contributed by atoms with E-state index in [-0.39, 0.29) is 18.3 Å². The van der Waals surface area contributed by atoms with E-state index in [1.54, 1.807) is 30.3 Å². The Balaban J connectivity index is 1.65. The Hall–Kier alpha value is -2.27. The second-order valence-corrected chi connectivity index (χ2v) is 6.44. The van der Waals surface area contributed by atoms with Crippen LogP contribution in [0.3, 0.4) is 0 Å². The Morgan fingerprint density at radius 2 is 1.84 bits per heavy atom. The van der Waals surface area contributed by atoms with E-state index in [2.05, 4.69) is 10.2 Å². The summed E-state index contributed by atoms with van der Waals surface area (Å²) in [5.74, 6) is -0.163. The van der Waals surface area contributed by atoms with Crippen molar-refractivity contribution in [1.29, 1.82) is 0 Å². The lowest BCUT2D eigenvalue weighted by atomic mass is 10.1. The van der Waals surface area contributed by atoms with Crippen molar-refractivity contribution in [2.24, 2.45) is 0 Å². The molecule has 0 atom stereocenters. The Bertz CT molecular complexity index is 731. The maximum absolute atomic E-state index is 13.6. The molecule has 0 aromatic heterocycles. The third-order valence-electron chi connectivity index (χ3n) is 4.11. The summed E-state index contributed by atoms with van der Waals surface area (Å²) in [5, 5.41) is 3.36. The second-order valence-electron chi connectivity index (χ2n) is 6.00. The number of rotatable bonds is 5. The maximum atomic E-state index is 13.6. The number of piperidine rings is 1. The number of nitrogens with zero attached hydrogens (tertiary/aromatic N) is 1. The first-order chi connectivity index (χ1) is 12.1. The molecule has 0 bridgehead atoms. The van der Waals surface area contributed by atoms with Gasteiger partial charge in [-0.25, -0.2) is 4.39 Å². The second kappa shape index (κ2) is 8.21. The molecule has 2 aromatic rings. The van der Waals surface area contributed by atoms with Crippen molar-refractivity contribution in [3.05, 3.63) is 53.3 Å². The third kappa shape index (κ3) is 4.86. The number of hydrogen-bond donors (Lipinski definition) is 1. The number of benzene rings is 2. The lowest BCUT2D eigenvalue weighted by Gasteiger charge is -2.30. The van der Waals surface area contributed by atoms with E-state index in [0.29, 0.717) is 16.5 Å². The van der Waals surface area contributed by atoms with Crippen molar-refractivity contribution in [3.8, 4) is 5.75 Å². The molecule has 2 aromatic carbocycles. The topological polar surface area (TPSA) is 41.6 Å². The number of carbonyl (C=O) groups is 1. The zero-order chi connectivity index (χ0) is 17.6. The molecule has 0 unspecified atom stereocenters. The molecule has 25 heavy (non-hydrogen) atoms. The summed E-state index contributed by atoms with van der Waals surface area (Å²) < 4.78 is 19.1. The first-order valence-electron chi connectivity index (χ1n) is 8.34. The van der Waals surface area contributed by atoms with Crippen LogP contribution >= 0.6 is 11.6 Å². The summed E-state index contributed by atoms with van der Waals surface area (Å²) in [7, 11) is 0. The molecule has 6 heteroatoms. The van der Waals surface area contributed by atoms with Gasteiger partial charge in [0.2, 0.25) is 0 Å². The van der Waals surface area contributed by atoms with E-state index in [1.165, 1.54) is 18.6 Å². The van der Waals surface area contributed by atoms with Crippen molar-refractivity contribution in [1.82, 2.24) is 0 Å². The van der Waals surface area contributed by atoms with Gasteiger partial charge >= 0.3 is 0 Å². The minimum absolute atomic E-state index is 0.155. The molecule has 0 spiro atoms. The highest BCUT2D eigenvalue weighted by molar-refractivity contribution is 6.30. The van der Waals surface area contributed by atoms with E-state index < -0.39 is 0 Å². The average molecular weight is 363 g/mol. The minimum atomic E-state index is -0.380. The summed E-state index contributed by atoms with van der Waals surface area (Å²) >= 11 is 5.81. The van der Waals surface area contributed by atoms with E-state index in [0.717, 1.165) is 31.6 Å². The Kier molecular flexibility index (Phi) is 5.76. The molecule has 1 amide bonds. The van der Waals surface area contributed by atoms with Crippen LogP contribution < -0.4 is 15.0 Å². The first-order valence-corrected chi connectivity index (χ1v) is 8.72. The molecule has 0 aliphatic carbocycles. The van der Waals surface area contributed by atoms with Gasteiger partial charge in [-0.15, -0.1) is 0 Å². The van der Waals surface area contributed by atoms with Gasteiger partial charge in [-0.1, -0.05) is 11.6 Å². The van der Waals surface area contributed by atoms with Gasteiger partial charge in [-0.2, -0.15) is 0 Å². The fourth-order valence-corrected chi connectivity index (χ4v) is 3.01. The predicted molar refractivity (Wildman–Crippen MR) is 98.0 cm³/mol. The summed E-state index contributed by atoms with van der Waals surface area (Å²) in [6.07, 6.45) is 3.41. The summed E-state index contributed by atoms with van der Waals surface area (Å²) in [6, 6.07) is 11.3. The Morgan fingerprint density at radius 3 is 2.56 bits per heavy atom. The smallest absolute Gasteiger partial charge is 0.262 e. The predicted octanol–water partition coefficient (Wildman–Crippen LogP) is 4.49. The minimum Gasteiger partial charge on any atom is -0.484 e. The zero-order valence-electron chi connectivity index (χ0n) is 13.8. The fraction of sp³-hybridized carbons (Fsp3) is 0.316.